The SMILES string of the molecule is Nc1nc(C(=CCC(=O)O)C(=O)N[C@@H]2C(=O)N3C(C(=O)S)=C(CCF)CS[C@H]23)cs1. The molecule has 0 aromatic carbocycles. The second kappa shape index (κ2) is 9.18. The molecule has 1 fully saturated rings. The van der Waals surface area contributed by atoms with Crippen LogP contribution in [0.25, 0.3) is 5.57 Å². The van der Waals surface area contributed by atoms with Gasteiger partial charge in [0.25, 0.3) is 11.8 Å². The highest BCUT2D eigenvalue weighted by Crippen LogP contribution is 2.42. The number of hydrogen-bond donors (Lipinski definition) is 4. The number of nitrogens with zero attached hydrogens (tertiary/aromatic N) is 2. The van der Waals surface area contributed by atoms with Crippen LogP contribution in [0.4, 0.5) is 9.52 Å². The molecule has 0 saturated carbocycles. The van der Waals surface area contributed by atoms with E-state index in [1.165, 1.54) is 28.1 Å². The van der Waals surface area contributed by atoms with Gasteiger partial charge in [0.1, 0.15) is 11.4 Å². The highest BCUT2D eigenvalue weighted by molar-refractivity contribution is 8.00. The fraction of sp³-hybridized carbons (Fsp3) is 0.353. The average Bonchev–Trinajstić information content (AvgIpc) is 3.11. The molecule has 0 aliphatic carbocycles. The van der Waals surface area contributed by atoms with Gasteiger partial charge >= 0.3 is 5.97 Å². The number of nitrogen functional groups attached to an aromatic ring is 1. The van der Waals surface area contributed by atoms with Crippen molar-refractivity contribution in [3.8, 4) is 0 Å². The van der Waals surface area contributed by atoms with Crippen molar-refractivity contribution in [3.05, 3.63) is 28.4 Å². The van der Waals surface area contributed by atoms with E-state index in [0.29, 0.717) is 11.3 Å². The van der Waals surface area contributed by atoms with Crippen molar-refractivity contribution in [3.63, 3.8) is 0 Å². The molecule has 0 unspecified atom stereocenters. The molecule has 1 aromatic heterocycles. The van der Waals surface area contributed by atoms with Gasteiger partial charge in [0.2, 0.25) is 5.12 Å². The summed E-state index contributed by atoms with van der Waals surface area (Å²) in [6.45, 7) is -0.665. The number of halogens is 1. The molecule has 2 atom stereocenters. The smallest absolute Gasteiger partial charge is 0.307 e. The quantitative estimate of drug-likeness (QED) is 0.250. The second-order valence-corrected chi connectivity index (χ2v) is 8.74. The highest BCUT2D eigenvalue weighted by atomic mass is 32.2. The predicted molar refractivity (Wildman–Crippen MR) is 113 cm³/mol. The second-order valence-electron chi connectivity index (χ2n) is 6.34. The van der Waals surface area contributed by atoms with Crippen LogP contribution in [0, 0.1) is 0 Å². The number of aliphatic carboxylic acids is 1. The molecule has 1 aromatic rings. The molecule has 1 saturated heterocycles. The third-order valence-corrected chi connectivity index (χ3v) is 6.68. The third-order valence-electron chi connectivity index (χ3n) is 4.46. The van der Waals surface area contributed by atoms with Gasteiger partial charge in [0.15, 0.2) is 5.13 Å². The minimum atomic E-state index is -1.14. The Kier molecular flexibility index (Phi) is 6.83. The van der Waals surface area contributed by atoms with E-state index in [0.717, 1.165) is 11.3 Å². The number of thioether (sulfide) groups is 1. The van der Waals surface area contributed by atoms with Gasteiger partial charge in [-0.15, -0.1) is 23.1 Å². The van der Waals surface area contributed by atoms with Crippen LogP contribution in [0.15, 0.2) is 22.7 Å². The summed E-state index contributed by atoms with van der Waals surface area (Å²) in [5, 5.41) is 12.0. The molecule has 13 heteroatoms. The number of carbonyl (C=O) groups is 4. The molecular formula is C17H17FN4O5S3. The van der Waals surface area contributed by atoms with E-state index in [2.05, 4.69) is 22.9 Å². The van der Waals surface area contributed by atoms with Crippen LogP contribution in [0.5, 0.6) is 0 Å². The molecule has 2 aliphatic rings. The molecule has 0 bridgehead atoms. The van der Waals surface area contributed by atoms with Crippen LogP contribution >= 0.6 is 35.7 Å². The number of β-lactam (4-membered cyclic amide) rings is 1. The standard InChI is InChI=1S/C17H17FN4O5S3/c18-4-3-7-5-29-15-11(14(26)22(15)12(7)16(27)28)21-13(25)8(1-2-10(23)24)9-6-30-17(19)20-9/h1,6,11,15H,2-5H2,(H2,19,20)(H,21,25)(H,23,24)(H,27,28)/t11-,15-/m1/s1. The monoisotopic (exact) mass is 472 g/mol. The summed E-state index contributed by atoms with van der Waals surface area (Å²) in [7, 11) is 0. The maximum atomic E-state index is 12.8. The van der Waals surface area contributed by atoms with Gasteiger partial charge in [-0.1, -0.05) is 18.7 Å². The van der Waals surface area contributed by atoms with Crippen molar-refractivity contribution in [2.24, 2.45) is 0 Å². The van der Waals surface area contributed by atoms with Crippen molar-refractivity contribution in [1.82, 2.24) is 15.2 Å². The molecule has 160 valence electrons. The van der Waals surface area contributed by atoms with E-state index >= 15 is 0 Å². The molecule has 4 N–H and O–H groups in total. The van der Waals surface area contributed by atoms with E-state index in [1.807, 2.05) is 0 Å². The summed E-state index contributed by atoms with van der Waals surface area (Å²) in [5.41, 5.74) is 6.34. The van der Waals surface area contributed by atoms with Crippen LogP contribution in [0.2, 0.25) is 0 Å². The lowest BCUT2D eigenvalue weighted by Crippen LogP contribution is -2.70. The van der Waals surface area contributed by atoms with Crippen LogP contribution in [-0.2, 0) is 19.2 Å². The highest BCUT2D eigenvalue weighted by Gasteiger charge is 2.53. The minimum absolute atomic E-state index is 0.0171. The number of hydrogen-bond acceptors (Lipinski definition) is 8. The molecule has 9 nitrogen and oxygen atoms in total. The number of thiazole rings is 1. The van der Waals surface area contributed by atoms with Gasteiger partial charge in [-0.25, -0.2) is 4.98 Å². The van der Waals surface area contributed by atoms with Gasteiger partial charge in [0, 0.05) is 17.6 Å². The number of fused-ring (bicyclic) bond motifs is 1. The van der Waals surface area contributed by atoms with E-state index in [1.54, 1.807) is 0 Å². The Balaban J connectivity index is 1.80. The molecule has 2 amide bonds. The zero-order valence-electron chi connectivity index (χ0n) is 15.3. The number of rotatable bonds is 8. The zero-order chi connectivity index (χ0) is 22.0. The summed E-state index contributed by atoms with van der Waals surface area (Å²) in [6, 6.07) is -0.929. The summed E-state index contributed by atoms with van der Waals surface area (Å²) < 4.78 is 12.8. The Morgan fingerprint density at radius 1 is 1.47 bits per heavy atom. The lowest BCUT2D eigenvalue weighted by molar-refractivity contribution is -0.146. The summed E-state index contributed by atoms with van der Waals surface area (Å²) in [4.78, 5) is 53.5. The number of aromatic nitrogens is 1. The lowest BCUT2D eigenvalue weighted by Gasteiger charge is -2.50. The van der Waals surface area contributed by atoms with E-state index in [4.69, 9.17) is 10.8 Å². The summed E-state index contributed by atoms with van der Waals surface area (Å²) in [6.07, 6.45) is 0.801. The molecule has 3 heterocycles. The normalized spacial score (nSPS) is 21.2. The molecule has 2 aliphatic heterocycles. The molecule has 30 heavy (non-hydrogen) atoms. The van der Waals surface area contributed by atoms with Crippen molar-refractivity contribution >= 4 is 69.3 Å². The maximum absolute atomic E-state index is 12.8. The van der Waals surface area contributed by atoms with Gasteiger partial charge in [-0.05, 0) is 5.57 Å². The number of anilines is 1. The Hall–Kier alpha value is -2.38. The van der Waals surface area contributed by atoms with E-state index < -0.39 is 47.4 Å². The van der Waals surface area contributed by atoms with Crippen molar-refractivity contribution in [2.45, 2.75) is 24.3 Å². The first-order chi connectivity index (χ1) is 14.2. The number of alkyl halides is 1. The lowest BCUT2D eigenvalue weighted by atomic mass is 10.0. The van der Waals surface area contributed by atoms with Gasteiger partial charge in [0.05, 0.1) is 30.1 Å². The van der Waals surface area contributed by atoms with Crippen molar-refractivity contribution in [2.75, 3.05) is 18.2 Å². The van der Waals surface area contributed by atoms with Gasteiger partial charge in [-0.2, -0.15) is 0 Å². The van der Waals surface area contributed by atoms with E-state index in [9.17, 15) is 23.6 Å². The fourth-order valence-electron chi connectivity index (χ4n) is 3.12. The molecular weight excluding hydrogens is 455 g/mol. The number of carboxylic acid groups (broad SMARTS) is 1. The number of carboxylic acids is 1. The predicted octanol–water partition coefficient (Wildman–Crippen LogP) is 1.05. The first kappa shape index (κ1) is 22.3. The van der Waals surface area contributed by atoms with E-state index in [-0.39, 0.29) is 28.5 Å². The van der Waals surface area contributed by atoms with Crippen LogP contribution in [-0.4, -0.2) is 61.7 Å². The van der Waals surface area contributed by atoms with Crippen LogP contribution < -0.4 is 11.1 Å². The molecule has 3 rings (SSSR count). The largest absolute Gasteiger partial charge is 0.481 e. The first-order valence-corrected chi connectivity index (χ1v) is 11.0. The molecule has 0 spiro atoms. The number of amides is 2. The van der Waals surface area contributed by atoms with Gasteiger partial charge < -0.3 is 16.2 Å². The van der Waals surface area contributed by atoms with Gasteiger partial charge in [-0.3, -0.25) is 28.5 Å². The third kappa shape index (κ3) is 4.37. The molecule has 0 radical (unpaired) electrons. The Labute approximate surface area is 184 Å². The Morgan fingerprint density at radius 3 is 2.77 bits per heavy atom. The first-order valence-electron chi connectivity index (χ1n) is 8.64. The summed E-state index contributed by atoms with van der Waals surface area (Å²) in [5.74, 6) is -2.02. The Morgan fingerprint density at radius 2 is 2.20 bits per heavy atom. The van der Waals surface area contributed by atoms with Crippen LogP contribution in [0.1, 0.15) is 18.5 Å². The maximum Gasteiger partial charge on any atom is 0.307 e. The number of carbonyl (C=O) groups excluding carboxylic acids is 3. The van der Waals surface area contributed by atoms with Crippen LogP contribution in [0.3, 0.4) is 0 Å². The minimum Gasteiger partial charge on any atom is -0.481 e. The zero-order valence-corrected chi connectivity index (χ0v) is 17.9. The average molecular weight is 473 g/mol. The topological polar surface area (TPSA) is 143 Å². The Bertz CT molecular complexity index is 976. The number of nitrogens with one attached hydrogen (secondary N) is 1. The summed E-state index contributed by atoms with van der Waals surface area (Å²) >= 11 is 6.19. The van der Waals surface area contributed by atoms with Crippen molar-refractivity contribution in [1.29, 1.82) is 0 Å². The number of nitrogens with two attached hydrogens (primary N) is 1. The van der Waals surface area contributed by atoms with Crippen molar-refractivity contribution < 1.29 is 28.7 Å². The fourth-order valence-corrected chi connectivity index (χ4v) is 5.34. The number of thiol groups is 1.